The normalized spacial score (nSPS) is 11.8. The zero-order valence-electron chi connectivity index (χ0n) is 31.6. The SMILES string of the molecule is CCCCCCCCCCCCCCCCC(=O)O[C@H](COC(=O)CCCCCCC)COC(=O)CCCCCCCCCCCC. The molecule has 0 aliphatic rings. The molecular weight excluding hydrogens is 588 g/mol. The predicted molar refractivity (Wildman–Crippen MR) is 197 cm³/mol. The molecule has 0 bridgehead atoms. The van der Waals surface area contributed by atoms with E-state index in [0.717, 1.165) is 64.2 Å². The number of unbranched alkanes of at least 4 members (excludes halogenated alkanes) is 26. The van der Waals surface area contributed by atoms with Gasteiger partial charge in [-0.25, -0.2) is 0 Å². The van der Waals surface area contributed by atoms with Gasteiger partial charge in [-0.2, -0.15) is 0 Å². The summed E-state index contributed by atoms with van der Waals surface area (Å²) in [6.07, 6.45) is 35.4. The second kappa shape index (κ2) is 37.2. The van der Waals surface area contributed by atoms with E-state index in [1.807, 2.05) is 0 Å². The first kappa shape index (κ1) is 45.4. The predicted octanol–water partition coefficient (Wildman–Crippen LogP) is 12.5. The molecule has 0 aliphatic heterocycles. The number of esters is 3. The average Bonchev–Trinajstić information content (AvgIpc) is 3.06. The highest BCUT2D eigenvalue weighted by atomic mass is 16.6. The summed E-state index contributed by atoms with van der Waals surface area (Å²) in [4.78, 5) is 37.3. The quantitative estimate of drug-likeness (QED) is 0.0373. The molecule has 0 saturated heterocycles. The zero-order valence-corrected chi connectivity index (χ0v) is 31.6. The third-order valence-electron chi connectivity index (χ3n) is 9.11. The van der Waals surface area contributed by atoms with Crippen molar-refractivity contribution in [2.75, 3.05) is 13.2 Å². The summed E-state index contributed by atoms with van der Waals surface area (Å²) in [5.74, 6) is -0.874. The van der Waals surface area contributed by atoms with Crippen LogP contribution in [0.1, 0.15) is 226 Å². The van der Waals surface area contributed by atoms with Crippen molar-refractivity contribution in [3.8, 4) is 0 Å². The number of hydrogen-bond acceptors (Lipinski definition) is 6. The number of ether oxygens (including phenoxy) is 3. The van der Waals surface area contributed by atoms with E-state index < -0.39 is 6.10 Å². The van der Waals surface area contributed by atoms with Crippen LogP contribution in [-0.2, 0) is 28.6 Å². The van der Waals surface area contributed by atoms with E-state index >= 15 is 0 Å². The summed E-state index contributed by atoms with van der Waals surface area (Å²) in [6.45, 7) is 6.54. The molecule has 0 aromatic carbocycles. The standard InChI is InChI=1S/C41H78O6/c1-4-7-10-13-15-17-19-20-21-22-24-26-29-32-35-41(44)47-38(36-45-39(42)33-30-27-12-9-6-3)37-46-40(43)34-31-28-25-23-18-16-14-11-8-5-2/h38H,4-37H2,1-3H3/t38-/m1/s1. The van der Waals surface area contributed by atoms with E-state index in [2.05, 4.69) is 20.8 Å². The molecule has 0 aliphatic carbocycles. The number of hydrogen-bond donors (Lipinski definition) is 0. The monoisotopic (exact) mass is 667 g/mol. The highest BCUT2D eigenvalue weighted by molar-refractivity contribution is 5.71. The topological polar surface area (TPSA) is 78.9 Å². The van der Waals surface area contributed by atoms with Crippen molar-refractivity contribution in [1.82, 2.24) is 0 Å². The van der Waals surface area contributed by atoms with Crippen LogP contribution in [-0.4, -0.2) is 37.2 Å². The molecule has 0 unspecified atom stereocenters. The highest BCUT2D eigenvalue weighted by Gasteiger charge is 2.19. The smallest absolute Gasteiger partial charge is 0.306 e. The van der Waals surface area contributed by atoms with E-state index in [4.69, 9.17) is 14.2 Å². The molecule has 0 N–H and O–H groups in total. The van der Waals surface area contributed by atoms with Crippen LogP contribution in [0.4, 0.5) is 0 Å². The molecular formula is C41H78O6. The maximum absolute atomic E-state index is 12.6. The van der Waals surface area contributed by atoms with Crippen molar-refractivity contribution in [3.05, 3.63) is 0 Å². The highest BCUT2D eigenvalue weighted by Crippen LogP contribution is 2.15. The van der Waals surface area contributed by atoms with Crippen LogP contribution >= 0.6 is 0 Å². The molecule has 0 saturated carbocycles. The van der Waals surface area contributed by atoms with Gasteiger partial charge in [0.05, 0.1) is 0 Å². The third kappa shape index (κ3) is 35.5. The van der Waals surface area contributed by atoms with Crippen molar-refractivity contribution in [1.29, 1.82) is 0 Å². The molecule has 0 aromatic heterocycles. The number of rotatable bonds is 37. The van der Waals surface area contributed by atoms with Gasteiger partial charge in [-0.3, -0.25) is 14.4 Å². The van der Waals surface area contributed by atoms with E-state index in [1.165, 1.54) is 122 Å². The molecule has 278 valence electrons. The van der Waals surface area contributed by atoms with Crippen LogP contribution < -0.4 is 0 Å². The van der Waals surface area contributed by atoms with Crippen LogP contribution in [0.25, 0.3) is 0 Å². The first-order valence-electron chi connectivity index (χ1n) is 20.5. The minimum atomic E-state index is -0.755. The average molecular weight is 667 g/mol. The molecule has 0 fully saturated rings. The summed E-state index contributed by atoms with van der Waals surface area (Å²) in [5, 5.41) is 0. The first-order valence-corrected chi connectivity index (χ1v) is 20.5. The van der Waals surface area contributed by atoms with Gasteiger partial charge >= 0.3 is 17.9 Å². The Morgan fingerprint density at radius 1 is 0.340 bits per heavy atom. The van der Waals surface area contributed by atoms with E-state index in [9.17, 15) is 14.4 Å². The van der Waals surface area contributed by atoms with Crippen molar-refractivity contribution in [2.24, 2.45) is 0 Å². The lowest BCUT2D eigenvalue weighted by molar-refractivity contribution is -0.167. The minimum Gasteiger partial charge on any atom is -0.462 e. The van der Waals surface area contributed by atoms with Crippen molar-refractivity contribution in [2.45, 2.75) is 232 Å². The van der Waals surface area contributed by atoms with E-state index in [-0.39, 0.29) is 31.1 Å². The van der Waals surface area contributed by atoms with Crippen LogP contribution in [0.2, 0.25) is 0 Å². The van der Waals surface area contributed by atoms with Gasteiger partial charge in [0, 0.05) is 19.3 Å². The maximum Gasteiger partial charge on any atom is 0.306 e. The van der Waals surface area contributed by atoms with E-state index in [0.29, 0.717) is 19.3 Å². The first-order chi connectivity index (χ1) is 23.0. The fourth-order valence-corrected chi connectivity index (χ4v) is 5.97. The molecule has 6 heteroatoms. The van der Waals surface area contributed by atoms with Gasteiger partial charge in [0.25, 0.3) is 0 Å². The van der Waals surface area contributed by atoms with Crippen molar-refractivity contribution < 1.29 is 28.6 Å². The van der Waals surface area contributed by atoms with Gasteiger partial charge in [-0.1, -0.05) is 188 Å². The van der Waals surface area contributed by atoms with Crippen LogP contribution in [0.5, 0.6) is 0 Å². The number of carbonyl (C=O) groups is 3. The molecule has 0 rings (SSSR count). The largest absolute Gasteiger partial charge is 0.462 e. The Hall–Kier alpha value is -1.59. The fraction of sp³-hybridized carbons (Fsp3) is 0.927. The summed E-state index contributed by atoms with van der Waals surface area (Å²) >= 11 is 0. The lowest BCUT2D eigenvalue weighted by Crippen LogP contribution is -2.30. The summed E-state index contributed by atoms with van der Waals surface area (Å²) < 4.78 is 16.5. The maximum atomic E-state index is 12.6. The molecule has 0 amide bonds. The minimum absolute atomic E-state index is 0.0646. The molecule has 0 aromatic rings. The Labute approximate surface area is 291 Å². The third-order valence-corrected chi connectivity index (χ3v) is 9.11. The van der Waals surface area contributed by atoms with Gasteiger partial charge in [-0.15, -0.1) is 0 Å². The van der Waals surface area contributed by atoms with E-state index in [1.54, 1.807) is 0 Å². The van der Waals surface area contributed by atoms with Crippen molar-refractivity contribution in [3.63, 3.8) is 0 Å². The molecule has 0 radical (unpaired) electrons. The van der Waals surface area contributed by atoms with Crippen molar-refractivity contribution >= 4 is 17.9 Å². The van der Waals surface area contributed by atoms with Crippen LogP contribution in [0.15, 0.2) is 0 Å². The molecule has 1 atom stereocenters. The van der Waals surface area contributed by atoms with Gasteiger partial charge in [0.15, 0.2) is 6.10 Å². The van der Waals surface area contributed by atoms with Gasteiger partial charge in [0.2, 0.25) is 0 Å². The van der Waals surface area contributed by atoms with Crippen LogP contribution in [0.3, 0.4) is 0 Å². The Bertz CT molecular complexity index is 693. The van der Waals surface area contributed by atoms with Gasteiger partial charge in [-0.05, 0) is 19.3 Å². The summed E-state index contributed by atoms with van der Waals surface area (Å²) in [6, 6.07) is 0. The molecule has 6 nitrogen and oxygen atoms in total. The zero-order chi connectivity index (χ0) is 34.5. The second-order valence-electron chi connectivity index (χ2n) is 13.9. The van der Waals surface area contributed by atoms with Gasteiger partial charge < -0.3 is 14.2 Å². The lowest BCUT2D eigenvalue weighted by Gasteiger charge is -2.18. The number of carbonyl (C=O) groups excluding carboxylic acids is 3. The molecule has 0 spiro atoms. The Morgan fingerprint density at radius 2 is 0.574 bits per heavy atom. The Kier molecular flexibility index (Phi) is 36.0. The molecule has 0 heterocycles. The fourth-order valence-electron chi connectivity index (χ4n) is 5.97. The Morgan fingerprint density at radius 3 is 0.851 bits per heavy atom. The molecule has 47 heavy (non-hydrogen) atoms. The Balaban J connectivity index is 4.22. The summed E-state index contributed by atoms with van der Waals surface area (Å²) in [5.41, 5.74) is 0. The van der Waals surface area contributed by atoms with Crippen LogP contribution in [0, 0.1) is 0 Å². The summed E-state index contributed by atoms with van der Waals surface area (Å²) in [7, 11) is 0. The second-order valence-corrected chi connectivity index (χ2v) is 13.9. The lowest BCUT2D eigenvalue weighted by atomic mass is 10.0. The van der Waals surface area contributed by atoms with Gasteiger partial charge in [0.1, 0.15) is 13.2 Å².